The van der Waals surface area contributed by atoms with Gasteiger partial charge in [0.2, 0.25) is 0 Å². The molecule has 0 aliphatic heterocycles. The number of aryl methyl sites for hydroxylation is 1. The van der Waals surface area contributed by atoms with Gasteiger partial charge in [-0.2, -0.15) is 13.2 Å². The Kier molecular flexibility index (Phi) is 6.11. The molecule has 0 amide bonds. The zero-order valence-electron chi connectivity index (χ0n) is 16.2. The third-order valence-corrected chi connectivity index (χ3v) is 6.01. The summed E-state index contributed by atoms with van der Waals surface area (Å²) in [6, 6.07) is 9.51. The van der Waals surface area contributed by atoms with Gasteiger partial charge in [-0.25, -0.2) is 8.78 Å². The molecule has 0 fully saturated rings. The molecule has 3 nitrogen and oxygen atoms in total. The Bertz CT molecular complexity index is 1140. The highest BCUT2D eigenvalue weighted by Crippen LogP contribution is 2.36. The lowest BCUT2D eigenvalue weighted by Gasteiger charge is -2.16. The standard InChI is InChI=1S/C21H18F5NO2Si/c1-3-30-14-5-7-18(29-19-6-4-13(22)9-17(19)23)15(10-14)12-8-16(21(24,25)26)20(28)27(2)11-12/h4-11H,3,30H2,1-2H3. The van der Waals surface area contributed by atoms with E-state index in [0.717, 1.165) is 34.0 Å². The lowest BCUT2D eigenvalue weighted by molar-refractivity contribution is -0.138. The summed E-state index contributed by atoms with van der Waals surface area (Å²) < 4.78 is 73.7. The van der Waals surface area contributed by atoms with Crippen LogP contribution in [0.3, 0.4) is 0 Å². The highest BCUT2D eigenvalue weighted by Gasteiger charge is 2.35. The van der Waals surface area contributed by atoms with Crippen molar-refractivity contribution < 1.29 is 26.7 Å². The quantitative estimate of drug-likeness (QED) is 0.437. The minimum atomic E-state index is -4.83. The van der Waals surface area contributed by atoms with Gasteiger partial charge in [0.1, 0.15) is 17.1 Å². The van der Waals surface area contributed by atoms with E-state index in [4.69, 9.17) is 4.74 Å². The van der Waals surface area contributed by atoms with E-state index in [0.29, 0.717) is 11.6 Å². The van der Waals surface area contributed by atoms with E-state index in [1.165, 1.54) is 13.2 Å². The molecule has 0 atom stereocenters. The molecule has 0 radical (unpaired) electrons. The highest BCUT2D eigenvalue weighted by molar-refractivity contribution is 6.53. The summed E-state index contributed by atoms with van der Waals surface area (Å²) in [5.41, 5.74) is -2.08. The minimum Gasteiger partial charge on any atom is -0.454 e. The molecule has 0 aliphatic carbocycles. The first-order valence-electron chi connectivity index (χ1n) is 9.14. The molecular formula is C21H18F5NO2Si. The van der Waals surface area contributed by atoms with Crippen molar-refractivity contribution in [3.63, 3.8) is 0 Å². The van der Waals surface area contributed by atoms with Crippen LogP contribution in [0.1, 0.15) is 12.5 Å². The number of ether oxygens (including phenoxy) is 1. The third kappa shape index (κ3) is 4.61. The molecule has 0 saturated carbocycles. The predicted octanol–water partition coefficient (Wildman–Crippen LogP) is 4.37. The maximum absolute atomic E-state index is 14.1. The molecule has 0 spiro atoms. The van der Waals surface area contributed by atoms with Gasteiger partial charge in [-0.3, -0.25) is 4.79 Å². The second kappa shape index (κ2) is 8.43. The fraction of sp³-hybridized carbons (Fsp3) is 0.190. The van der Waals surface area contributed by atoms with Crippen molar-refractivity contribution in [2.45, 2.75) is 19.1 Å². The summed E-state index contributed by atoms with van der Waals surface area (Å²) in [7, 11) is 0.577. The van der Waals surface area contributed by atoms with Gasteiger partial charge in [0.15, 0.2) is 11.6 Å². The third-order valence-electron chi connectivity index (χ3n) is 4.50. The normalized spacial score (nSPS) is 12.0. The summed E-state index contributed by atoms with van der Waals surface area (Å²) >= 11 is 0. The molecule has 158 valence electrons. The second-order valence-electron chi connectivity index (χ2n) is 6.81. The highest BCUT2D eigenvalue weighted by atomic mass is 28.2. The number of alkyl halides is 3. The first-order valence-corrected chi connectivity index (χ1v) is 10.8. The van der Waals surface area contributed by atoms with Crippen LogP contribution < -0.4 is 15.5 Å². The van der Waals surface area contributed by atoms with Crippen molar-refractivity contribution in [2.24, 2.45) is 7.05 Å². The molecule has 9 heteroatoms. The average molecular weight is 439 g/mol. The minimum absolute atomic E-state index is 0.0983. The van der Waals surface area contributed by atoms with Crippen molar-refractivity contribution in [3.05, 3.63) is 76.2 Å². The number of halogens is 5. The number of aromatic nitrogens is 1. The summed E-state index contributed by atoms with van der Waals surface area (Å²) in [6.45, 7) is 2.01. The van der Waals surface area contributed by atoms with Crippen LogP contribution in [0.5, 0.6) is 11.5 Å². The molecule has 1 heterocycles. The van der Waals surface area contributed by atoms with Crippen LogP contribution in [0.15, 0.2) is 53.5 Å². The lowest BCUT2D eigenvalue weighted by Crippen LogP contribution is -2.26. The molecule has 0 N–H and O–H groups in total. The Balaban J connectivity index is 2.18. The molecule has 0 aliphatic rings. The molecule has 0 bridgehead atoms. The summed E-state index contributed by atoms with van der Waals surface area (Å²) in [6.07, 6.45) is -3.55. The van der Waals surface area contributed by atoms with Crippen molar-refractivity contribution in [1.82, 2.24) is 4.57 Å². The van der Waals surface area contributed by atoms with Crippen molar-refractivity contribution in [3.8, 4) is 22.6 Å². The Morgan fingerprint density at radius 3 is 2.37 bits per heavy atom. The summed E-state index contributed by atoms with van der Waals surface area (Å²) in [5.74, 6) is -1.89. The van der Waals surface area contributed by atoms with E-state index >= 15 is 0 Å². The molecule has 30 heavy (non-hydrogen) atoms. The van der Waals surface area contributed by atoms with E-state index < -0.39 is 38.5 Å². The maximum Gasteiger partial charge on any atom is 0.421 e. The van der Waals surface area contributed by atoms with Gasteiger partial charge in [-0.05, 0) is 24.3 Å². The maximum atomic E-state index is 14.1. The van der Waals surface area contributed by atoms with Gasteiger partial charge in [-0.1, -0.05) is 30.3 Å². The fourth-order valence-electron chi connectivity index (χ4n) is 3.07. The molecule has 3 aromatic rings. The second-order valence-corrected chi connectivity index (χ2v) is 9.13. The number of nitrogens with zero attached hydrogens (tertiary/aromatic N) is 1. The number of rotatable bonds is 5. The van der Waals surface area contributed by atoms with Gasteiger partial charge < -0.3 is 9.30 Å². The van der Waals surface area contributed by atoms with Gasteiger partial charge >= 0.3 is 6.18 Å². The average Bonchev–Trinajstić information content (AvgIpc) is 2.66. The smallest absolute Gasteiger partial charge is 0.421 e. The van der Waals surface area contributed by atoms with E-state index in [1.807, 2.05) is 6.92 Å². The molecule has 0 saturated heterocycles. The predicted molar refractivity (Wildman–Crippen MR) is 107 cm³/mol. The summed E-state index contributed by atoms with van der Waals surface area (Å²) in [4.78, 5) is 12.0. The Labute approximate surface area is 171 Å². The largest absolute Gasteiger partial charge is 0.454 e. The number of pyridine rings is 1. The van der Waals surface area contributed by atoms with E-state index in [9.17, 15) is 26.7 Å². The molecule has 1 aromatic heterocycles. The van der Waals surface area contributed by atoms with Gasteiger partial charge in [0, 0.05) is 30.4 Å². The van der Waals surface area contributed by atoms with E-state index in [1.54, 1.807) is 18.2 Å². The molecular weight excluding hydrogens is 421 g/mol. The van der Waals surface area contributed by atoms with Crippen LogP contribution in [0.25, 0.3) is 11.1 Å². The van der Waals surface area contributed by atoms with E-state index in [2.05, 4.69) is 0 Å². The lowest BCUT2D eigenvalue weighted by atomic mass is 10.0. The summed E-state index contributed by atoms with van der Waals surface area (Å²) in [5, 5.41) is 0.974. The van der Waals surface area contributed by atoms with Crippen molar-refractivity contribution in [1.29, 1.82) is 0 Å². The van der Waals surface area contributed by atoms with Crippen LogP contribution >= 0.6 is 0 Å². The Morgan fingerprint density at radius 2 is 1.73 bits per heavy atom. The van der Waals surface area contributed by atoms with Crippen molar-refractivity contribution >= 4 is 14.7 Å². The van der Waals surface area contributed by atoms with Crippen LogP contribution in [0.2, 0.25) is 6.04 Å². The van der Waals surface area contributed by atoms with Gasteiger partial charge in [-0.15, -0.1) is 0 Å². The Morgan fingerprint density at radius 1 is 1.03 bits per heavy atom. The van der Waals surface area contributed by atoms with Crippen LogP contribution in [0, 0.1) is 11.6 Å². The fourth-order valence-corrected chi connectivity index (χ4v) is 4.28. The monoisotopic (exact) mass is 439 g/mol. The van der Waals surface area contributed by atoms with Crippen LogP contribution in [-0.2, 0) is 13.2 Å². The molecule has 2 aromatic carbocycles. The zero-order valence-corrected chi connectivity index (χ0v) is 17.6. The number of hydrogen-bond acceptors (Lipinski definition) is 2. The topological polar surface area (TPSA) is 31.2 Å². The molecule has 0 unspecified atom stereocenters. The first kappa shape index (κ1) is 21.8. The SMILES string of the molecule is CC[SiH2]c1ccc(Oc2ccc(F)cc2F)c(-c2cc(C(F)(F)F)c(=O)n(C)c2)c1. The van der Waals surface area contributed by atoms with Crippen LogP contribution in [0.4, 0.5) is 22.0 Å². The molecule has 3 rings (SSSR count). The number of benzene rings is 2. The van der Waals surface area contributed by atoms with Gasteiger partial charge in [0.05, 0.1) is 9.52 Å². The first-order chi connectivity index (χ1) is 14.1. The van der Waals surface area contributed by atoms with Crippen LogP contribution in [-0.4, -0.2) is 14.1 Å². The van der Waals surface area contributed by atoms with Crippen molar-refractivity contribution in [2.75, 3.05) is 0 Å². The van der Waals surface area contributed by atoms with Gasteiger partial charge in [0.25, 0.3) is 5.56 Å². The Hall–Kier alpha value is -2.94. The number of hydrogen-bond donors (Lipinski definition) is 0. The zero-order chi connectivity index (χ0) is 22.1. The van der Waals surface area contributed by atoms with E-state index in [-0.39, 0.29) is 17.1 Å².